The van der Waals surface area contributed by atoms with Gasteiger partial charge in [-0.2, -0.15) is 0 Å². The predicted octanol–water partition coefficient (Wildman–Crippen LogP) is 12.5. The van der Waals surface area contributed by atoms with Gasteiger partial charge in [-0.15, -0.1) is 0 Å². The Labute approximate surface area is 388 Å². The third-order valence-electron chi connectivity index (χ3n) is 15.3. The number of ether oxygens (including phenoxy) is 2. The van der Waals surface area contributed by atoms with Crippen LogP contribution in [0.1, 0.15) is 215 Å². The molecular weight excluding hydrogens is 813 g/mol. The van der Waals surface area contributed by atoms with E-state index in [9.17, 15) is 19.8 Å². The number of aliphatic hydroxyl groups excluding tert-OH is 2. The van der Waals surface area contributed by atoms with E-state index in [0.29, 0.717) is 40.9 Å². The molecule has 0 saturated heterocycles. The second-order valence-corrected chi connectivity index (χ2v) is 20.8. The molecule has 0 aromatic carbocycles. The number of methoxy groups -OCH3 is 1. The number of rotatable bonds is 20. The number of aliphatic hydroxyl groups is 2. The van der Waals surface area contributed by atoms with Crippen LogP contribution in [0, 0.1) is 37.5 Å². The maximum Gasteiger partial charge on any atom is 0.321 e. The van der Waals surface area contributed by atoms with Gasteiger partial charge in [-0.1, -0.05) is 113 Å². The summed E-state index contributed by atoms with van der Waals surface area (Å²) >= 11 is 0. The number of fused-ring (bicyclic) bond motifs is 8. The van der Waals surface area contributed by atoms with E-state index in [-0.39, 0.29) is 47.6 Å². The minimum Gasteiger partial charge on any atom is -0.512 e. The van der Waals surface area contributed by atoms with Crippen LogP contribution in [0.2, 0.25) is 0 Å². The van der Waals surface area contributed by atoms with Crippen molar-refractivity contribution in [2.75, 3.05) is 13.7 Å². The highest BCUT2D eigenvalue weighted by Gasteiger charge is 2.42. The van der Waals surface area contributed by atoms with Crippen molar-refractivity contribution in [2.24, 2.45) is 23.7 Å². The average molecular weight is 893 g/mol. The number of carbonyl (C=O) groups is 2. The lowest BCUT2D eigenvalue weighted by atomic mass is 9.84. The summed E-state index contributed by atoms with van der Waals surface area (Å²) in [4.78, 5) is 44.8. The van der Waals surface area contributed by atoms with Crippen LogP contribution in [0.4, 0.5) is 0 Å². The molecule has 0 saturated carbocycles. The third-order valence-corrected chi connectivity index (χ3v) is 15.3. The van der Waals surface area contributed by atoms with Gasteiger partial charge in [0, 0.05) is 74.2 Å². The monoisotopic (exact) mass is 893 g/mol. The van der Waals surface area contributed by atoms with Gasteiger partial charge in [-0.05, 0) is 93.0 Å². The van der Waals surface area contributed by atoms with Gasteiger partial charge in [-0.3, -0.25) is 19.6 Å². The summed E-state index contributed by atoms with van der Waals surface area (Å²) in [6.07, 6.45) is 13.9. The van der Waals surface area contributed by atoms with Crippen LogP contribution in [0.5, 0.6) is 0 Å². The number of esters is 2. The molecule has 1 aliphatic carbocycles. The van der Waals surface area contributed by atoms with Gasteiger partial charge in [0.2, 0.25) is 0 Å². The van der Waals surface area contributed by atoms with Crippen molar-refractivity contribution in [3.05, 3.63) is 68.1 Å². The zero-order valence-electron chi connectivity index (χ0n) is 41.7. The summed E-state index contributed by atoms with van der Waals surface area (Å²) in [5.74, 6) is 0.918. The summed E-state index contributed by atoms with van der Waals surface area (Å²) in [5, 5.41) is 24.2. The molecule has 10 nitrogen and oxygen atoms in total. The molecule has 0 spiro atoms. The van der Waals surface area contributed by atoms with Crippen molar-refractivity contribution in [3.63, 3.8) is 0 Å². The first-order chi connectivity index (χ1) is 30.9. The third kappa shape index (κ3) is 11.2. The van der Waals surface area contributed by atoms with Gasteiger partial charge in [0.05, 0.1) is 36.2 Å². The molecule has 10 heteroatoms. The number of hydrogen-bond acceptors (Lipinski definition) is 8. The Morgan fingerprint density at radius 3 is 1.91 bits per heavy atom. The fourth-order valence-corrected chi connectivity index (χ4v) is 11.0. The van der Waals surface area contributed by atoms with Crippen LogP contribution in [-0.2, 0) is 19.1 Å². The Hall–Kier alpha value is -4.60. The normalized spacial score (nSPS) is 21.1. The standard InChI is InChI=1S/C55H80N4O6/c1-13-39-34(7)41-29-46-48(38(11)60)36(9)43(57-46)27-42-35(8)40(52(58-42)50-51(55(63)64-12)54(62)49-37(10)44(59-53(49)50)28-45(39)56-41)23-24-47(61)65-26-25-33(6)22-16-21-32(5)20-15-19-31(4)18-14-17-30(2)3/h27-35,39-40,51,57,59-60,62H,13-26H2,1-12H3. The lowest BCUT2D eigenvalue weighted by Gasteiger charge is -2.19. The van der Waals surface area contributed by atoms with E-state index in [1.807, 2.05) is 19.9 Å². The molecule has 2 aliphatic heterocycles. The molecule has 3 aliphatic rings. The van der Waals surface area contributed by atoms with Gasteiger partial charge in [-0.25, -0.2) is 0 Å². The zero-order chi connectivity index (χ0) is 47.3. The first kappa shape index (κ1) is 49.8. The summed E-state index contributed by atoms with van der Waals surface area (Å²) in [7, 11) is 1.33. The lowest BCUT2D eigenvalue weighted by Crippen LogP contribution is -2.18. The fraction of sp³-hybridized carbons (Fsp3) is 0.636. The van der Waals surface area contributed by atoms with Gasteiger partial charge in [0.25, 0.3) is 0 Å². The van der Waals surface area contributed by atoms with Crippen LogP contribution in [0.15, 0.2) is 18.2 Å². The molecule has 0 amide bonds. The zero-order valence-corrected chi connectivity index (χ0v) is 41.7. The minimum atomic E-state index is -1.08. The molecule has 5 heterocycles. The summed E-state index contributed by atoms with van der Waals surface area (Å²) in [6.45, 7) is 24.2. The van der Waals surface area contributed by atoms with E-state index < -0.39 is 11.9 Å². The minimum absolute atomic E-state index is 0.0683. The van der Waals surface area contributed by atoms with Crippen molar-refractivity contribution in [1.82, 2.24) is 19.9 Å². The summed E-state index contributed by atoms with van der Waals surface area (Å²) < 4.78 is 11.2. The molecule has 8 unspecified atom stereocenters. The topological polar surface area (TPSA) is 150 Å². The molecule has 3 aromatic heterocycles. The maximum absolute atomic E-state index is 13.7. The average Bonchev–Trinajstić information content (AvgIpc) is 4.00. The van der Waals surface area contributed by atoms with Crippen molar-refractivity contribution in [1.29, 1.82) is 0 Å². The highest BCUT2D eigenvalue weighted by molar-refractivity contribution is 5.96. The number of aryl methyl sites for hydroxylation is 2. The fourth-order valence-electron chi connectivity index (χ4n) is 11.0. The Kier molecular flexibility index (Phi) is 16.7. The Balaban J connectivity index is 1.23. The number of carbonyl (C=O) groups excluding carboxylic acids is 2. The van der Waals surface area contributed by atoms with Crippen molar-refractivity contribution in [3.8, 4) is 0 Å². The highest BCUT2D eigenvalue weighted by atomic mass is 16.5. The second-order valence-electron chi connectivity index (χ2n) is 20.8. The number of hydrogen-bond donors (Lipinski definition) is 4. The van der Waals surface area contributed by atoms with E-state index in [1.54, 1.807) is 6.92 Å². The largest absolute Gasteiger partial charge is 0.512 e. The number of nitrogens with one attached hydrogen (secondary N) is 2. The molecule has 65 heavy (non-hydrogen) atoms. The summed E-state index contributed by atoms with van der Waals surface area (Å²) in [5.41, 5.74) is 8.55. The molecule has 8 bridgehead atoms. The predicted molar refractivity (Wildman–Crippen MR) is 264 cm³/mol. The van der Waals surface area contributed by atoms with Gasteiger partial charge >= 0.3 is 11.9 Å². The van der Waals surface area contributed by atoms with Crippen LogP contribution in [0.25, 0.3) is 33.6 Å². The van der Waals surface area contributed by atoms with Crippen LogP contribution < -0.4 is 10.4 Å². The molecule has 3 aromatic rings. The lowest BCUT2D eigenvalue weighted by molar-refractivity contribution is -0.144. The molecular formula is C55H80N4O6. The Morgan fingerprint density at radius 2 is 1.31 bits per heavy atom. The summed E-state index contributed by atoms with van der Waals surface area (Å²) in [6, 6.07) is 6.14. The number of aromatic nitrogens is 4. The molecule has 8 atom stereocenters. The number of nitrogens with zero attached hydrogens (tertiary/aromatic N) is 2. The molecule has 4 N–H and O–H groups in total. The van der Waals surface area contributed by atoms with Gasteiger partial charge in [0.15, 0.2) is 0 Å². The Bertz CT molecular complexity index is 2480. The van der Waals surface area contributed by atoms with E-state index in [1.165, 1.54) is 58.5 Å². The van der Waals surface area contributed by atoms with Gasteiger partial charge < -0.3 is 29.7 Å². The van der Waals surface area contributed by atoms with Crippen molar-refractivity contribution >= 4 is 45.5 Å². The van der Waals surface area contributed by atoms with Gasteiger partial charge in [0.1, 0.15) is 11.7 Å². The first-order valence-electron chi connectivity index (χ1n) is 25.1. The molecule has 356 valence electrons. The molecule has 0 fully saturated rings. The first-order valence-corrected chi connectivity index (χ1v) is 25.1. The van der Waals surface area contributed by atoms with E-state index in [2.05, 4.69) is 77.5 Å². The maximum atomic E-state index is 13.7. The molecule has 6 rings (SSSR count). The number of H-pyrrole nitrogens is 2. The van der Waals surface area contributed by atoms with E-state index >= 15 is 0 Å². The van der Waals surface area contributed by atoms with Crippen molar-refractivity contribution < 1.29 is 29.3 Å². The van der Waals surface area contributed by atoms with Crippen LogP contribution in [-0.4, -0.2) is 55.8 Å². The smallest absolute Gasteiger partial charge is 0.321 e. The molecule has 0 radical (unpaired) electrons. The van der Waals surface area contributed by atoms with E-state index in [4.69, 9.17) is 19.4 Å². The second kappa shape index (κ2) is 21.8. The van der Waals surface area contributed by atoms with Crippen LogP contribution >= 0.6 is 0 Å². The number of aromatic amines is 2. The SMILES string of the molecule is CCC1c2cc3[nH]c4c(c5nc(cc6[nH]c(cc(n2)C1C)c(=C(C)O)c6C)C(C)C5CCC(=O)OCCC(C)CCCC(C)CCCC(C)CCCC(C)C)C(C(=O)OC)C(O)=c4c3C. The highest BCUT2D eigenvalue weighted by Crippen LogP contribution is 2.46. The van der Waals surface area contributed by atoms with Crippen LogP contribution in [0.3, 0.4) is 0 Å². The quantitative estimate of drug-likeness (QED) is 0.0819. The Morgan fingerprint density at radius 1 is 0.754 bits per heavy atom. The van der Waals surface area contributed by atoms with Crippen molar-refractivity contribution in [2.45, 2.75) is 189 Å². The van der Waals surface area contributed by atoms with E-state index in [0.717, 1.165) is 87.0 Å².